The molecule has 0 aliphatic heterocycles. The molecule has 0 atom stereocenters. The number of carbonyl (C=O) groups is 1. The van der Waals surface area contributed by atoms with Crippen LogP contribution in [0.15, 0.2) is 45.8 Å². The van der Waals surface area contributed by atoms with Crippen molar-refractivity contribution in [3.8, 4) is 5.75 Å². The Morgan fingerprint density at radius 3 is 2.45 bits per heavy atom. The summed E-state index contributed by atoms with van der Waals surface area (Å²) in [6, 6.07) is 9.89. The smallest absolute Gasteiger partial charge is 0.342 e. The van der Waals surface area contributed by atoms with Gasteiger partial charge in [0, 0.05) is 10.6 Å². The second-order valence-electron chi connectivity index (χ2n) is 4.35. The molecule has 2 aromatic rings. The minimum Gasteiger partial charge on any atom is -0.495 e. The van der Waals surface area contributed by atoms with E-state index in [1.165, 1.54) is 38.1 Å². The largest absolute Gasteiger partial charge is 0.495 e. The number of benzene rings is 2. The molecular formula is C16H14BrFO3S. The number of hydrogen-bond donors (Lipinski definition) is 0. The van der Waals surface area contributed by atoms with Crippen molar-refractivity contribution in [2.45, 2.75) is 10.6 Å². The lowest BCUT2D eigenvalue weighted by atomic mass is 10.1. The van der Waals surface area contributed by atoms with Crippen LogP contribution in [-0.4, -0.2) is 20.2 Å². The van der Waals surface area contributed by atoms with E-state index in [2.05, 4.69) is 15.9 Å². The summed E-state index contributed by atoms with van der Waals surface area (Å²) in [6.45, 7) is 0. The van der Waals surface area contributed by atoms with Crippen LogP contribution in [-0.2, 0) is 10.5 Å². The average molecular weight is 385 g/mol. The molecule has 2 aromatic carbocycles. The standard InChI is InChI=1S/C16H14BrFO3S/c1-20-15-13(17)8-3-10(14(15)16(19)21-2)9-22-12-6-4-11(18)5-7-12/h3-8H,9H2,1-2H3. The summed E-state index contributed by atoms with van der Waals surface area (Å²) in [6.07, 6.45) is 0. The maximum absolute atomic E-state index is 12.9. The van der Waals surface area contributed by atoms with Crippen molar-refractivity contribution in [1.82, 2.24) is 0 Å². The first kappa shape index (κ1) is 16.8. The van der Waals surface area contributed by atoms with Crippen molar-refractivity contribution in [2.75, 3.05) is 14.2 Å². The Balaban J connectivity index is 2.30. The molecule has 2 rings (SSSR count). The lowest BCUT2D eigenvalue weighted by molar-refractivity contribution is 0.0596. The molecule has 6 heteroatoms. The lowest BCUT2D eigenvalue weighted by Crippen LogP contribution is -2.08. The third kappa shape index (κ3) is 3.81. The van der Waals surface area contributed by atoms with Gasteiger partial charge in [-0.2, -0.15) is 0 Å². The maximum Gasteiger partial charge on any atom is 0.342 e. The van der Waals surface area contributed by atoms with E-state index in [0.29, 0.717) is 21.5 Å². The molecule has 0 unspecified atom stereocenters. The first-order valence-corrected chi connectivity index (χ1v) is 8.16. The zero-order valence-corrected chi connectivity index (χ0v) is 14.5. The van der Waals surface area contributed by atoms with E-state index in [1.54, 1.807) is 12.1 Å². The SMILES string of the molecule is COC(=O)c1c(CSc2ccc(F)cc2)ccc(Br)c1OC. The lowest BCUT2D eigenvalue weighted by Gasteiger charge is -2.13. The highest BCUT2D eigenvalue weighted by molar-refractivity contribution is 9.10. The molecule has 0 saturated carbocycles. The molecule has 3 nitrogen and oxygen atoms in total. The van der Waals surface area contributed by atoms with Crippen molar-refractivity contribution in [1.29, 1.82) is 0 Å². The topological polar surface area (TPSA) is 35.5 Å². The number of esters is 1. The van der Waals surface area contributed by atoms with Gasteiger partial charge in [0.1, 0.15) is 17.1 Å². The first-order valence-electron chi connectivity index (χ1n) is 6.39. The van der Waals surface area contributed by atoms with Crippen LogP contribution in [0.2, 0.25) is 0 Å². The summed E-state index contributed by atoms with van der Waals surface area (Å²) < 4.78 is 23.7. The number of hydrogen-bond acceptors (Lipinski definition) is 4. The molecule has 0 bridgehead atoms. The summed E-state index contributed by atoms with van der Waals surface area (Å²) in [7, 11) is 2.84. The number of rotatable bonds is 5. The summed E-state index contributed by atoms with van der Waals surface area (Å²) >= 11 is 4.87. The van der Waals surface area contributed by atoms with E-state index in [9.17, 15) is 9.18 Å². The average Bonchev–Trinajstić information content (AvgIpc) is 2.54. The van der Waals surface area contributed by atoms with E-state index >= 15 is 0 Å². The number of halogens is 2. The Morgan fingerprint density at radius 1 is 1.18 bits per heavy atom. The van der Waals surface area contributed by atoms with E-state index in [0.717, 1.165) is 10.5 Å². The Hall–Kier alpha value is -1.53. The third-order valence-electron chi connectivity index (χ3n) is 3.00. The zero-order valence-electron chi connectivity index (χ0n) is 12.1. The van der Waals surface area contributed by atoms with Gasteiger partial charge in [0.2, 0.25) is 0 Å². The molecule has 22 heavy (non-hydrogen) atoms. The van der Waals surface area contributed by atoms with Crippen LogP contribution in [0.1, 0.15) is 15.9 Å². The number of ether oxygens (including phenoxy) is 2. The second-order valence-corrected chi connectivity index (χ2v) is 6.25. The minimum absolute atomic E-state index is 0.273. The van der Waals surface area contributed by atoms with Crippen molar-refractivity contribution >= 4 is 33.7 Å². The molecule has 116 valence electrons. The monoisotopic (exact) mass is 384 g/mol. The molecule has 0 amide bonds. The van der Waals surface area contributed by atoms with Crippen LogP contribution in [0.25, 0.3) is 0 Å². The van der Waals surface area contributed by atoms with Crippen molar-refractivity contribution in [3.63, 3.8) is 0 Å². The van der Waals surface area contributed by atoms with Crippen LogP contribution in [0.4, 0.5) is 4.39 Å². The highest BCUT2D eigenvalue weighted by Gasteiger charge is 2.20. The molecule has 0 heterocycles. The zero-order chi connectivity index (χ0) is 16.1. The van der Waals surface area contributed by atoms with Crippen LogP contribution in [0, 0.1) is 5.82 Å². The van der Waals surface area contributed by atoms with E-state index < -0.39 is 5.97 Å². The van der Waals surface area contributed by atoms with Gasteiger partial charge >= 0.3 is 5.97 Å². The summed E-state index contributed by atoms with van der Waals surface area (Å²) in [5.41, 5.74) is 1.19. The predicted octanol–water partition coefficient (Wildman–Crippen LogP) is 4.68. The maximum atomic E-state index is 12.9. The second kappa shape index (κ2) is 7.65. The highest BCUT2D eigenvalue weighted by atomic mass is 79.9. The van der Waals surface area contributed by atoms with E-state index in [4.69, 9.17) is 9.47 Å². The number of methoxy groups -OCH3 is 2. The van der Waals surface area contributed by atoms with Gasteiger partial charge in [0.05, 0.1) is 18.7 Å². The van der Waals surface area contributed by atoms with Crippen LogP contribution >= 0.6 is 27.7 Å². The Kier molecular flexibility index (Phi) is 5.85. The Bertz CT molecular complexity index is 674. The Morgan fingerprint density at radius 2 is 1.86 bits per heavy atom. The highest BCUT2D eigenvalue weighted by Crippen LogP contribution is 2.35. The summed E-state index contributed by atoms with van der Waals surface area (Å²) in [4.78, 5) is 13.0. The summed E-state index contributed by atoms with van der Waals surface area (Å²) in [5.74, 6) is 0.265. The van der Waals surface area contributed by atoms with Gasteiger partial charge in [-0.15, -0.1) is 11.8 Å². The van der Waals surface area contributed by atoms with Crippen LogP contribution < -0.4 is 4.74 Å². The predicted molar refractivity (Wildman–Crippen MR) is 88.0 cm³/mol. The molecule has 0 fully saturated rings. The fourth-order valence-electron chi connectivity index (χ4n) is 1.94. The van der Waals surface area contributed by atoms with Gasteiger partial charge in [0.15, 0.2) is 0 Å². The molecule has 0 spiro atoms. The van der Waals surface area contributed by atoms with Gasteiger partial charge in [-0.25, -0.2) is 9.18 Å². The molecule has 0 N–H and O–H groups in total. The van der Waals surface area contributed by atoms with Gasteiger partial charge in [-0.3, -0.25) is 0 Å². The molecule has 0 radical (unpaired) electrons. The fourth-order valence-corrected chi connectivity index (χ4v) is 3.32. The van der Waals surface area contributed by atoms with Crippen molar-refractivity contribution in [3.05, 3.63) is 57.8 Å². The Labute approximate surface area is 140 Å². The van der Waals surface area contributed by atoms with Gasteiger partial charge in [-0.1, -0.05) is 6.07 Å². The third-order valence-corrected chi connectivity index (χ3v) is 4.68. The van der Waals surface area contributed by atoms with E-state index in [-0.39, 0.29) is 5.82 Å². The quantitative estimate of drug-likeness (QED) is 0.553. The first-order chi connectivity index (χ1) is 10.6. The molecule has 0 aromatic heterocycles. The van der Waals surface area contributed by atoms with E-state index in [1.807, 2.05) is 12.1 Å². The van der Waals surface area contributed by atoms with Gasteiger partial charge in [-0.05, 0) is 51.8 Å². The van der Waals surface area contributed by atoms with Crippen LogP contribution in [0.3, 0.4) is 0 Å². The fraction of sp³-hybridized carbons (Fsp3) is 0.188. The normalized spacial score (nSPS) is 10.4. The summed E-state index contributed by atoms with van der Waals surface area (Å²) in [5, 5.41) is 0. The number of carbonyl (C=O) groups excluding carboxylic acids is 1. The van der Waals surface area contributed by atoms with Gasteiger partial charge in [0.25, 0.3) is 0 Å². The molecular weight excluding hydrogens is 371 g/mol. The van der Waals surface area contributed by atoms with Crippen molar-refractivity contribution in [2.24, 2.45) is 0 Å². The number of thioether (sulfide) groups is 1. The molecule has 0 aliphatic carbocycles. The molecule has 0 aliphatic rings. The minimum atomic E-state index is -0.451. The van der Waals surface area contributed by atoms with Gasteiger partial charge < -0.3 is 9.47 Å². The molecule has 0 saturated heterocycles. The van der Waals surface area contributed by atoms with Crippen molar-refractivity contribution < 1.29 is 18.7 Å². The van der Waals surface area contributed by atoms with Crippen LogP contribution in [0.5, 0.6) is 5.75 Å².